The second-order valence-corrected chi connectivity index (χ2v) is 7.16. The van der Waals surface area contributed by atoms with Gasteiger partial charge in [0.25, 0.3) is 0 Å². The molecule has 0 aliphatic carbocycles. The minimum Gasteiger partial charge on any atom is -0.297 e. The Labute approximate surface area is 117 Å². The van der Waals surface area contributed by atoms with Crippen molar-refractivity contribution in [1.82, 2.24) is 10.3 Å². The first-order chi connectivity index (χ1) is 8.80. The van der Waals surface area contributed by atoms with Crippen molar-refractivity contribution in [2.24, 2.45) is 15.9 Å². The van der Waals surface area contributed by atoms with Crippen LogP contribution in [0.25, 0.3) is 0 Å². The molecule has 2 aliphatic heterocycles. The van der Waals surface area contributed by atoms with Crippen LogP contribution in [-0.4, -0.2) is 30.2 Å². The van der Waals surface area contributed by atoms with Crippen molar-refractivity contribution in [2.45, 2.75) is 40.5 Å². The SMILES string of the molecule is C=C1C=CC(CN2CCC(C)(C(C)(C)C)CC2)=NN1. The predicted octanol–water partition coefficient (Wildman–Crippen LogP) is 3.16. The molecule has 1 fully saturated rings. The van der Waals surface area contributed by atoms with Gasteiger partial charge < -0.3 is 0 Å². The first-order valence-corrected chi connectivity index (χ1v) is 7.22. The van der Waals surface area contributed by atoms with Crippen LogP contribution in [0.5, 0.6) is 0 Å². The largest absolute Gasteiger partial charge is 0.297 e. The summed E-state index contributed by atoms with van der Waals surface area (Å²) in [7, 11) is 0. The quantitative estimate of drug-likeness (QED) is 0.827. The summed E-state index contributed by atoms with van der Waals surface area (Å²) >= 11 is 0. The fourth-order valence-electron chi connectivity index (χ4n) is 2.69. The maximum absolute atomic E-state index is 4.33. The summed E-state index contributed by atoms with van der Waals surface area (Å²) in [6.45, 7) is 16.6. The Hall–Kier alpha value is -1.09. The molecule has 0 atom stereocenters. The summed E-state index contributed by atoms with van der Waals surface area (Å²) in [4.78, 5) is 2.51. The zero-order valence-electron chi connectivity index (χ0n) is 12.8. The van der Waals surface area contributed by atoms with E-state index < -0.39 is 0 Å². The molecule has 106 valence electrons. The van der Waals surface area contributed by atoms with E-state index in [1.165, 1.54) is 25.9 Å². The molecule has 0 aromatic heterocycles. The van der Waals surface area contributed by atoms with Gasteiger partial charge in [0.1, 0.15) is 0 Å². The normalized spacial score (nSPS) is 24.0. The highest BCUT2D eigenvalue weighted by Gasteiger charge is 2.39. The number of hydrazone groups is 1. The van der Waals surface area contributed by atoms with Crippen molar-refractivity contribution in [3.8, 4) is 0 Å². The molecule has 0 amide bonds. The van der Waals surface area contributed by atoms with E-state index in [4.69, 9.17) is 0 Å². The van der Waals surface area contributed by atoms with Crippen LogP contribution in [0.3, 0.4) is 0 Å². The first-order valence-electron chi connectivity index (χ1n) is 7.22. The van der Waals surface area contributed by atoms with Gasteiger partial charge in [-0.2, -0.15) is 5.10 Å². The number of piperidine rings is 1. The third kappa shape index (κ3) is 3.27. The molecule has 2 heterocycles. The number of rotatable bonds is 2. The van der Waals surface area contributed by atoms with Crippen LogP contribution in [0.15, 0.2) is 29.5 Å². The highest BCUT2D eigenvalue weighted by Crippen LogP contribution is 2.46. The number of hydrogen-bond donors (Lipinski definition) is 1. The molecule has 0 unspecified atom stereocenters. The summed E-state index contributed by atoms with van der Waals surface area (Å²) < 4.78 is 0. The van der Waals surface area contributed by atoms with Crippen molar-refractivity contribution < 1.29 is 0 Å². The second-order valence-electron chi connectivity index (χ2n) is 7.16. The Balaban J connectivity index is 1.88. The van der Waals surface area contributed by atoms with Crippen LogP contribution in [-0.2, 0) is 0 Å². The Morgan fingerprint density at radius 2 is 1.95 bits per heavy atom. The molecular formula is C16H27N3. The zero-order chi connectivity index (χ0) is 14.1. The molecule has 0 aromatic rings. The smallest absolute Gasteiger partial charge is 0.0748 e. The Morgan fingerprint density at radius 3 is 2.42 bits per heavy atom. The van der Waals surface area contributed by atoms with Gasteiger partial charge in [0, 0.05) is 12.2 Å². The van der Waals surface area contributed by atoms with Crippen LogP contribution in [0.2, 0.25) is 0 Å². The van der Waals surface area contributed by atoms with Gasteiger partial charge in [0.2, 0.25) is 0 Å². The van der Waals surface area contributed by atoms with E-state index in [-0.39, 0.29) is 0 Å². The molecule has 0 spiro atoms. The molecule has 0 saturated carbocycles. The molecule has 19 heavy (non-hydrogen) atoms. The average molecular weight is 261 g/mol. The van der Waals surface area contributed by atoms with Crippen LogP contribution >= 0.6 is 0 Å². The number of hydrogen-bond acceptors (Lipinski definition) is 3. The van der Waals surface area contributed by atoms with Gasteiger partial charge >= 0.3 is 0 Å². The average Bonchev–Trinajstić information content (AvgIpc) is 2.34. The van der Waals surface area contributed by atoms with E-state index in [1.54, 1.807) is 0 Å². The molecule has 1 saturated heterocycles. The standard InChI is InChI=1S/C16H27N3/c1-13-6-7-14(18-17-13)12-19-10-8-16(5,9-11-19)15(2,3)4/h6-7,17H,1,8-12H2,2-5H3. The number of nitrogens with zero attached hydrogens (tertiary/aromatic N) is 2. The van der Waals surface area contributed by atoms with Gasteiger partial charge in [0.15, 0.2) is 0 Å². The molecule has 3 heteroatoms. The van der Waals surface area contributed by atoms with Crippen molar-refractivity contribution in [3.63, 3.8) is 0 Å². The van der Waals surface area contributed by atoms with Crippen LogP contribution < -0.4 is 5.43 Å². The van der Waals surface area contributed by atoms with Crippen LogP contribution in [0.4, 0.5) is 0 Å². The highest BCUT2D eigenvalue weighted by atomic mass is 15.3. The summed E-state index contributed by atoms with van der Waals surface area (Å²) in [5.41, 5.74) is 5.76. The molecular weight excluding hydrogens is 234 g/mol. The lowest BCUT2D eigenvalue weighted by Gasteiger charge is -2.48. The third-order valence-corrected chi connectivity index (χ3v) is 4.98. The minimum atomic E-state index is 0.390. The Bertz CT molecular complexity index is 404. The van der Waals surface area contributed by atoms with Gasteiger partial charge in [-0.25, -0.2) is 0 Å². The van der Waals surface area contributed by atoms with Gasteiger partial charge in [-0.15, -0.1) is 0 Å². The van der Waals surface area contributed by atoms with E-state index in [2.05, 4.69) is 55.8 Å². The fraction of sp³-hybridized carbons (Fsp3) is 0.688. The van der Waals surface area contributed by atoms with E-state index in [1.807, 2.05) is 6.08 Å². The van der Waals surface area contributed by atoms with Gasteiger partial charge in [0.05, 0.1) is 5.71 Å². The molecule has 2 rings (SSSR count). The Kier molecular flexibility index (Phi) is 3.86. The van der Waals surface area contributed by atoms with Gasteiger partial charge in [-0.3, -0.25) is 10.3 Å². The predicted molar refractivity (Wildman–Crippen MR) is 82.1 cm³/mol. The van der Waals surface area contributed by atoms with Crippen molar-refractivity contribution in [3.05, 3.63) is 24.4 Å². The molecule has 3 nitrogen and oxygen atoms in total. The van der Waals surface area contributed by atoms with E-state index in [0.717, 1.165) is 18.0 Å². The molecule has 0 bridgehead atoms. The van der Waals surface area contributed by atoms with Gasteiger partial charge in [-0.05, 0) is 48.9 Å². The lowest BCUT2D eigenvalue weighted by atomic mass is 9.63. The maximum Gasteiger partial charge on any atom is 0.0748 e. The monoisotopic (exact) mass is 261 g/mol. The van der Waals surface area contributed by atoms with Crippen LogP contribution in [0, 0.1) is 10.8 Å². The van der Waals surface area contributed by atoms with E-state index in [0.29, 0.717) is 10.8 Å². The van der Waals surface area contributed by atoms with Crippen molar-refractivity contribution in [1.29, 1.82) is 0 Å². The molecule has 0 aromatic carbocycles. The lowest BCUT2D eigenvalue weighted by molar-refractivity contribution is 0.0276. The molecule has 1 N–H and O–H groups in total. The van der Waals surface area contributed by atoms with Crippen molar-refractivity contribution in [2.75, 3.05) is 19.6 Å². The first kappa shape index (κ1) is 14.3. The summed E-state index contributed by atoms with van der Waals surface area (Å²) in [6, 6.07) is 0. The molecule has 2 aliphatic rings. The minimum absolute atomic E-state index is 0.390. The van der Waals surface area contributed by atoms with E-state index in [9.17, 15) is 0 Å². The van der Waals surface area contributed by atoms with E-state index >= 15 is 0 Å². The summed E-state index contributed by atoms with van der Waals surface area (Å²) in [5.74, 6) is 0. The number of likely N-dealkylation sites (tertiary alicyclic amines) is 1. The topological polar surface area (TPSA) is 27.6 Å². The van der Waals surface area contributed by atoms with Crippen molar-refractivity contribution >= 4 is 5.71 Å². The number of nitrogens with one attached hydrogen (secondary N) is 1. The fourth-order valence-corrected chi connectivity index (χ4v) is 2.69. The Morgan fingerprint density at radius 1 is 1.32 bits per heavy atom. The summed E-state index contributed by atoms with van der Waals surface area (Å²) in [5, 5.41) is 4.33. The third-order valence-electron chi connectivity index (χ3n) is 4.98. The molecule has 0 radical (unpaired) electrons. The maximum atomic E-state index is 4.33. The second kappa shape index (κ2) is 5.12. The number of allylic oxidation sites excluding steroid dienone is 1. The lowest BCUT2D eigenvalue weighted by Crippen LogP contribution is -2.46. The highest BCUT2D eigenvalue weighted by molar-refractivity contribution is 5.97. The summed E-state index contributed by atoms with van der Waals surface area (Å²) in [6.07, 6.45) is 6.60. The van der Waals surface area contributed by atoms with Crippen LogP contribution in [0.1, 0.15) is 40.5 Å². The van der Waals surface area contributed by atoms with Gasteiger partial charge in [-0.1, -0.05) is 34.3 Å². The zero-order valence-corrected chi connectivity index (χ0v) is 12.8.